The Morgan fingerprint density at radius 2 is 2.22 bits per heavy atom. The molecule has 1 aliphatic rings. The van der Waals surface area contributed by atoms with Crippen LogP contribution < -0.4 is 5.73 Å². The molecule has 3 atom stereocenters. The summed E-state index contributed by atoms with van der Waals surface area (Å²) in [6.07, 6.45) is -1.51. The first-order valence-corrected chi connectivity index (χ1v) is 2.95. The summed E-state index contributed by atoms with van der Waals surface area (Å²) < 4.78 is 4.80. The van der Waals surface area contributed by atoms with E-state index in [0.717, 1.165) is 0 Å². The lowest BCUT2D eigenvalue weighted by molar-refractivity contribution is -0.0915. The monoisotopic (exact) mass is 133 g/mol. The van der Waals surface area contributed by atoms with Gasteiger partial charge in [-0.25, -0.2) is 0 Å². The standard InChI is InChI=1S/C5H11NO3/c6-2-4-3(7)1-5(8)9-4/h3-5,7-8H,1-2,6H2/t3-,4+,5+/m0/s1. The van der Waals surface area contributed by atoms with Gasteiger partial charge in [-0.15, -0.1) is 0 Å². The van der Waals surface area contributed by atoms with Gasteiger partial charge in [-0.05, 0) is 0 Å². The Morgan fingerprint density at radius 3 is 2.44 bits per heavy atom. The number of rotatable bonds is 1. The van der Waals surface area contributed by atoms with Crippen molar-refractivity contribution in [3.63, 3.8) is 0 Å². The molecule has 1 aliphatic heterocycles. The number of ether oxygens (including phenoxy) is 1. The predicted octanol–water partition coefficient (Wildman–Crippen LogP) is -1.59. The first-order chi connectivity index (χ1) is 4.24. The minimum Gasteiger partial charge on any atom is -0.390 e. The van der Waals surface area contributed by atoms with Gasteiger partial charge < -0.3 is 20.7 Å². The molecule has 54 valence electrons. The highest BCUT2D eigenvalue weighted by molar-refractivity contribution is 4.77. The van der Waals surface area contributed by atoms with E-state index < -0.39 is 12.4 Å². The van der Waals surface area contributed by atoms with Gasteiger partial charge in [0.15, 0.2) is 6.29 Å². The molecular formula is C5H11NO3. The Kier molecular flexibility index (Phi) is 2.02. The molecule has 4 N–H and O–H groups in total. The Hall–Kier alpha value is -0.160. The van der Waals surface area contributed by atoms with Crippen LogP contribution in [0.15, 0.2) is 0 Å². The summed E-state index contributed by atoms with van der Waals surface area (Å²) in [7, 11) is 0. The molecule has 9 heavy (non-hydrogen) atoms. The minimum atomic E-state index is -0.825. The molecular weight excluding hydrogens is 122 g/mol. The van der Waals surface area contributed by atoms with Crippen LogP contribution >= 0.6 is 0 Å². The summed E-state index contributed by atoms with van der Waals surface area (Å²) >= 11 is 0. The fourth-order valence-electron chi connectivity index (χ4n) is 0.919. The Bertz CT molecular complexity index is 98.2. The minimum absolute atomic E-state index is 0.262. The van der Waals surface area contributed by atoms with E-state index in [1.807, 2.05) is 0 Å². The average Bonchev–Trinajstić information content (AvgIpc) is 2.10. The normalized spacial score (nSPS) is 43.7. The van der Waals surface area contributed by atoms with E-state index in [2.05, 4.69) is 0 Å². The van der Waals surface area contributed by atoms with Gasteiger partial charge in [0.2, 0.25) is 0 Å². The molecule has 0 amide bonds. The van der Waals surface area contributed by atoms with Gasteiger partial charge in [-0.3, -0.25) is 0 Å². The summed E-state index contributed by atoms with van der Waals surface area (Å²) in [5.74, 6) is 0. The van der Waals surface area contributed by atoms with Crippen molar-refractivity contribution in [3.05, 3.63) is 0 Å². The molecule has 0 aliphatic carbocycles. The Labute approximate surface area is 53.2 Å². The zero-order valence-electron chi connectivity index (χ0n) is 5.03. The zero-order valence-corrected chi connectivity index (χ0v) is 5.03. The van der Waals surface area contributed by atoms with Crippen LogP contribution in [0.25, 0.3) is 0 Å². The van der Waals surface area contributed by atoms with Gasteiger partial charge in [-0.1, -0.05) is 0 Å². The third-order valence-corrected chi connectivity index (χ3v) is 1.44. The number of nitrogens with two attached hydrogens (primary N) is 1. The molecule has 0 aromatic rings. The number of aliphatic hydroxyl groups excluding tert-OH is 2. The largest absolute Gasteiger partial charge is 0.390 e. The van der Waals surface area contributed by atoms with Crippen molar-refractivity contribution >= 4 is 0 Å². The average molecular weight is 133 g/mol. The van der Waals surface area contributed by atoms with Crippen molar-refractivity contribution in [2.75, 3.05) is 6.54 Å². The number of hydrogen-bond donors (Lipinski definition) is 3. The SMILES string of the molecule is NC[C@H]1O[C@@H](O)C[C@@H]1O. The molecule has 1 saturated heterocycles. The van der Waals surface area contributed by atoms with Crippen LogP contribution in [0.2, 0.25) is 0 Å². The summed E-state index contributed by atoms with van der Waals surface area (Å²) in [6, 6.07) is 0. The maximum absolute atomic E-state index is 8.99. The molecule has 0 saturated carbocycles. The Morgan fingerprint density at radius 1 is 1.56 bits per heavy atom. The third kappa shape index (κ3) is 1.40. The second-order valence-electron chi connectivity index (χ2n) is 2.17. The van der Waals surface area contributed by atoms with Gasteiger partial charge in [0.05, 0.1) is 12.2 Å². The molecule has 1 fully saturated rings. The van der Waals surface area contributed by atoms with Crippen molar-refractivity contribution in [1.82, 2.24) is 0 Å². The summed E-state index contributed by atoms with van der Waals surface area (Å²) in [5.41, 5.74) is 5.19. The van der Waals surface area contributed by atoms with Crippen LogP contribution in [-0.2, 0) is 4.74 Å². The number of hydrogen-bond acceptors (Lipinski definition) is 4. The van der Waals surface area contributed by atoms with Crippen LogP contribution in [-0.4, -0.2) is 35.3 Å². The van der Waals surface area contributed by atoms with Crippen LogP contribution in [0.3, 0.4) is 0 Å². The zero-order chi connectivity index (χ0) is 6.85. The highest BCUT2D eigenvalue weighted by Gasteiger charge is 2.31. The topological polar surface area (TPSA) is 75.7 Å². The molecule has 1 rings (SSSR count). The lowest BCUT2D eigenvalue weighted by Gasteiger charge is -2.08. The lowest BCUT2D eigenvalue weighted by Crippen LogP contribution is -2.29. The molecule has 4 heteroatoms. The predicted molar refractivity (Wildman–Crippen MR) is 30.6 cm³/mol. The maximum atomic E-state index is 8.99. The van der Waals surface area contributed by atoms with E-state index in [0.29, 0.717) is 0 Å². The summed E-state index contributed by atoms with van der Waals surface area (Å²) in [6.45, 7) is 0.262. The lowest BCUT2D eigenvalue weighted by atomic mass is 10.2. The molecule has 0 spiro atoms. The van der Waals surface area contributed by atoms with Gasteiger partial charge >= 0.3 is 0 Å². The van der Waals surface area contributed by atoms with E-state index in [4.69, 9.17) is 20.7 Å². The molecule has 0 radical (unpaired) electrons. The number of aliphatic hydroxyl groups is 2. The van der Waals surface area contributed by atoms with Crippen molar-refractivity contribution in [3.8, 4) is 0 Å². The Balaban J connectivity index is 2.38. The second kappa shape index (κ2) is 2.62. The van der Waals surface area contributed by atoms with Gasteiger partial charge in [0.25, 0.3) is 0 Å². The van der Waals surface area contributed by atoms with Crippen LogP contribution in [0.4, 0.5) is 0 Å². The summed E-state index contributed by atoms with van der Waals surface area (Å²) in [5, 5.41) is 17.8. The van der Waals surface area contributed by atoms with E-state index >= 15 is 0 Å². The van der Waals surface area contributed by atoms with E-state index in [1.54, 1.807) is 0 Å². The van der Waals surface area contributed by atoms with Gasteiger partial charge in [0, 0.05) is 13.0 Å². The fourth-order valence-corrected chi connectivity index (χ4v) is 0.919. The first-order valence-electron chi connectivity index (χ1n) is 2.95. The van der Waals surface area contributed by atoms with Crippen molar-refractivity contribution in [2.45, 2.75) is 24.9 Å². The van der Waals surface area contributed by atoms with E-state index in [9.17, 15) is 0 Å². The van der Waals surface area contributed by atoms with E-state index in [1.165, 1.54) is 0 Å². The molecule has 4 nitrogen and oxygen atoms in total. The third-order valence-electron chi connectivity index (χ3n) is 1.44. The maximum Gasteiger partial charge on any atom is 0.157 e. The molecule has 0 bridgehead atoms. The quantitative estimate of drug-likeness (QED) is 0.403. The first kappa shape index (κ1) is 6.95. The smallest absolute Gasteiger partial charge is 0.157 e. The molecule has 0 aromatic heterocycles. The second-order valence-corrected chi connectivity index (χ2v) is 2.17. The fraction of sp³-hybridized carbons (Fsp3) is 1.00. The molecule has 0 aromatic carbocycles. The van der Waals surface area contributed by atoms with Gasteiger partial charge in [-0.2, -0.15) is 0 Å². The van der Waals surface area contributed by atoms with Crippen LogP contribution in [0, 0.1) is 0 Å². The van der Waals surface area contributed by atoms with Crippen LogP contribution in [0.5, 0.6) is 0 Å². The van der Waals surface area contributed by atoms with Crippen molar-refractivity contribution < 1.29 is 14.9 Å². The highest BCUT2D eigenvalue weighted by atomic mass is 16.6. The summed E-state index contributed by atoms with van der Waals surface area (Å²) in [4.78, 5) is 0. The van der Waals surface area contributed by atoms with Crippen LogP contribution in [0.1, 0.15) is 6.42 Å². The molecule has 1 heterocycles. The highest BCUT2D eigenvalue weighted by Crippen LogP contribution is 2.16. The molecule has 0 unspecified atom stereocenters. The van der Waals surface area contributed by atoms with Crippen molar-refractivity contribution in [1.29, 1.82) is 0 Å². The van der Waals surface area contributed by atoms with Crippen molar-refractivity contribution in [2.24, 2.45) is 5.73 Å². The van der Waals surface area contributed by atoms with Gasteiger partial charge in [0.1, 0.15) is 0 Å². The van der Waals surface area contributed by atoms with E-state index in [-0.39, 0.29) is 19.1 Å².